The number of thioether (sulfide) groups is 2. The molecule has 3 unspecified atom stereocenters. The van der Waals surface area contributed by atoms with E-state index in [1.807, 2.05) is 83.6 Å². The van der Waals surface area contributed by atoms with Gasteiger partial charge in [0.2, 0.25) is 0 Å². The maximum Gasteiger partial charge on any atom is 0.352 e. The molecule has 4 aliphatic rings. The van der Waals surface area contributed by atoms with Crippen LogP contribution in [0, 0.1) is 0 Å². The fourth-order valence-corrected chi connectivity index (χ4v) is 13.3. The maximum atomic E-state index is 13.2. The summed E-state index contributed by atoms with van der Waals surface area (Å²) in [6, 6.07) is 26.8. The summed E-state index contributed by atoms with van der Waals surface area (Å²) in [5.41, 5.74) is 7.82. The van der Waals surface area contributed by atoms with Crippen LogP contribution in [-0.4, -0.2) is 131 Å². The van der Waals surface area contributed by atoms with Crippen molar-refractivity contribution in [2.24, 2.45) is 14.1 Å². The van der Waals surface area contributed by atoms with Crippen molar-refractivity contribution in [3.8, 4) is 11.5 Å². The Morgan fingerprint density at radius 2 is 1.74 bits per heavy atom. The van der Waals surface area contributed by atoms with Crippen LogP contribution in [-0.2, 0) is 42.2 Å². The van der Waals surface area contributed by atoms with E-state index in [1.165, 1.54) is 8.61 Å². The van der Waals surface area contributed by atoms with Gasteiger partial charge in [0.1, 0.15) is 23.8 Å². The maximum absolute atomic E-state index is 13.2. The first-order chi connectivity index (χ1) is 31.8. The molecule has 1 N–H and O–H groups in total. The molecule has 6 aromatic rings. The first kappa shape index (κ1) is 44.9. The van der Waals surface area contributed by atoms with Gasteiger partial charge in [-0.3, -0.25) is 4.68 Å². The zero-order valence-corrected chi connectivity index (χ0v) is 40.8. The number of rotatable bonds is 7. The van der Waals surface area contributed by atoms with E-state index in [0.29, 0.717) is 56.4 Å². The number of halogens is 1. The van der Waals surface area contributed by atoms with Crippen molar-refractivity contribution < 1.29 is 27.8 Å². The van der Waals surface area contributed by atoms with E-state index >= 15 is 0 Å². The normalized spacial score (nSPS) is 20.7. The minimum atomic E-state index is -3.46. The van der Waals surface area contributed by atoms with Crippen LogP contribution in [0.4, 0.5) is 5.69 Å². The van der Waals surface area contributed by atoms with Crippen molar-refractivity contribution in [3.63, 3.8) is 0 Å². The fraction of sp³-hybridized carbons (Fsp3) is 0.375. The van der Waals surface area contributed by atoms with E-state index < -0.39 is 16.2 Å². The number of nitrogens with zero attached hydrogens (tertiary/aromatic N) is 8. The Kier molecular flexibility index (Phi) is 12.2. The Morgan fingerprint density at radius 3 is 2.50 bits per heavy atom. The third-order valence-corrected chi connectivity index (χ3v) is 17.6. The van der Waals surface area contributed by atoms with Gasteiger partial charge in [0.25, 0.3) is 10.2 Å². The predicted molar refractivity (Wildman–Crippen MR) is 264 cm³/mol. The molecule has 6 heterocycles. The molecular formula is C48H53ClN8O6S3. The summed E-state index contributed by atoms with van der Waals surface area (Å²) >= 11 is 10.9. The van der Waals surface area contributed by atoms with E-state index in [9.17, 15) is 18.3 Å². The fourth-order valence-electron chi connectivity index (χ4n) is 9.91. The molecule has 346 valence electrons. The zero-order chi connectivity index (χ0) is 46.0. The summed E-state index contributed by atoms with van der Waals surface area (Å²) in [6.45, 7) is 2.67. The summed E-state index contributed by atoms with van der Waals surface area (Å²) in [4.78, 5) is 16.5. The number of aryl methyl sites for hydroxylation is 3. The standard InChI is InChI=1S/C48H53ClN8O6S3/c1-51(2)66(60,61)56-20-18-55(19-21-56)32-12-14-34(15-13-32)63-26-40-44-43-39(49)17-16-38-37(46(48(58)59)52(3)45(38)43)11-8-22-62-42-25-35(23-30-9-6-7-10-36(30)42)65-28-33-24-31(50-53(33)4)27-64-29-41-47(44)57(41)54(40)5/h6-7,9-10,12-17,23-25,41,47H,8,11,18-22,26-29H2,1-5H3,(H,58,59). The molecule has 0 spiro atoms. The van der Waals surface area contributed by atoms with Crippen LogP contribution in [0.5, 0.6) is 11.5 Å². The SMILES string of the molecule is CN1C(COc2ccc(N3CCN(S(=O)(=O)N(C)C)CC3)cc2)=C2c3c(Cl)ccc4c(c(C(=O)O)n(C)c34)CCCOc3cc(cc4ccccc34)SCc3cc(nn3C)CSCC3C2N31. The molecule has 4 aliphatic heterocycles. The molecule has 14 nitrogen and oxygen atoms in total. The molecule has 8 bridgehead atoms. The molecule has 0 saturated carbocycles. The molecule has 3 atom stereocenters. The molecule has 18 heteroatoms. The average Bonchev–Trinajstić information content (AvgIpc) is 3.61. The Bertz CT molecular complexity index is 3000. The second kappa shape index (κ2) is 18.0. The molecule has 4 aromatic carbocycles. The molecule has 66 heavy (non-hydrogen) atoms. The van der Waals surface area contributed by atoms with Gasteiger partial charge in [-0.25, -0.2) is 9.80 Å². The van der Waals surface area contributed by atoms with Gasteiger partial charge in [0, 0.05) is 117 Å². The number of likely N-dealkylation sites (N-methyl/N-ethyl adjacent to an activating group) is 1. The Labute approximate surface area is 398 Å². The highest BCUT2D eigenvalue weighted by Gasteiger charge is 2.59. The highest BCUT2D eigenvalue weighted by molar-refractivity contribution is 7.98. The van der Waals surface area contributed by atoms with E-state index in [4.69, 9.17) is 26.2 Å². The number of carbonyl (C=O) groups is 1. The van der Waals surface area contributed by atoms with Crippen LogP contribution < -0.4 is 14.4 Å². The number of carboxylic acids is 1. The van der Waals surface area contributed by atoms with E-state index in [-0.39, 0.29) is 24.4 Å². The van der Waals surface area contributed by atoms with Crippen LogP contribution >= 0.6 is 35.1 Å². The van der Waals surface area contributed by atoms with Crippen molar-refractivity contribution in [1.29, 1.82) is 0 Å². The monoisotopic (exact) mass is 968 g/mol. The molecule has 10 rings (SSSR count). The molecule has 0 radical (unpaired) electrons. The number of aromatic nitrogens is 3. The average molecular weight is 970 g/mol. The number of anilines is 1. The van der Waals surface area contributed by atoms with E-state index in [1.54, 1.807) is 25.9 Å². The lowest BCUT2D eigenvalue weighted by molar-refractivity contribution is 0.0685. The number of fused-ring (bicyclic) bond motifs is 8. The summed E-state index contributed by atoms with van der Waals surface area (Å²) in [6.07, 6.45) is 1.11. The number of aromatic carboxylic acids is 1. The number of piperazine rings is 1. The number of benzene rings is 4. The number of carboxylic acid groups (broad SMARTS) is 1. The Hall–Kier alpha value is -4.88. The van der Waals surface area contributed by atoms with E-state index in [2.05, 4.69) is 52.3 Å². The van der Waals surface area contributed by atoms with E-state index in [0.717, 1.165) is 89.1 Å². The topological polar surface area (TPSA) is 129 Å². The van der Waals surface area contributed by atoms with Crippen LogP contribution in [0.15, 0.2) is 89.5 Å². The second-order valence-electron chi connectivity index (χ2n) is 17.4. The van der Waals surface area contributed by atoms with Crippen molar-refractivity contribution in [2.75, 3.05) is 71.2 Å². The van der Waals surface area contributed by atoms with Crippen molar-refractivity contribution >= 4 is 84.2 Å². The van der Waals surface area contributed by atoms with Gasteiger partial charge in [0.05, 0.1) is 40.6 Å². The lowest BCUT2D eigenvalue weighted by Gasteiger charge is -2.36. The Balaban J connectivity index is 0.977. The number of hydrogen-bond donors (Lipinski definition) is 1. The minimum absolute atomic E-state index is 0.0129. The number of hydrogen-bond acceptors (Lipinski definition) is 11. The molecule has 0 aliphatic carbocycles. The molecule has 2 fully saturated rings. The van der Waals surface area contributed by atoms with Gasteiger partial charge in [-0.05, 0) is 72.3 Å². The first-order valence-electron chi connectivity index (χ1n) is 22.1. The Morgan fingerprint density at radius 1 is 0.970 bits per heavy atom. The quantitative estimate of drug-likeness (QED) is 0.158. The van der Waals surface area contributed by atoms with Crippen molar-refractivity contribution in [1.82, 2.24) is 33.0 Å². The summed E-state index contributed by atoms with van der Waals surface area (Å²) in [5, 5.41) is 23.8. The first-order valence-corrected chi connectivity index (χ1v) is 26.0. The summed E-state index contributed by atoms with van der Waals surface area (Å²) in [5.74, 6) is 2.91. The largest absolute Gasteiger partial charge is 0.493 e. The van der Waals surface area contributed by atoms with Gasteiger partial charge in [-0.15, -0.1) is 11.8 Å². The van der Waals surface area contributed by atoms with Gasteiger partial charge in [-0.1, -0.05) is 41.9 Å². The smallest absolute Gasteiger partial charge is 0.352 e. The van der Waals surface area contributed by atoms with Crippen molar-refractivity contribution in [2.45, 2.75) is 41.3 Å². The van der Waals surface area contributed by atoms with Gasteiger partial charge < -0.3 is 29.1 Å². The number of hydrazine groups is 1. The van der Waals surface area contributed by atoms with Crippen molar-refractivity contribution in [3.05, 3.63) is 118 Å². The van der Waals surface area contributed by atoms with Gasteiger partial charge in [-0.2, -0.15) is 33.9 Å². The van der Waals surface area contributed by atoms with Crippen LogP contribution in [0.2, 0.25) is 5.02 Å². The highest BCUT2D eigenvalue weighted by atomic mass is 35.5. The van der Waals surface area contributed by atoms with Crippen LogP contribution in [0.1, 0.15) is 39.4 Å². The number of ether oxygens (including phenoxy) is 2. The summed E-state index contributed by atoms with van der Waals surface area (Å²) < 4.78 is 45.1. The minimum Gasteiger partial charge on any atom is -0.493 e. The van der Waals surface area contributed by atoms with Crippen LogP contribution in [0.25, 0.3) is 27.2 Å². The van der Waals surface area contributed by atoms with Crippen LogP contribution in [0.3, 0.4) is 0 Å². The third-order valence-electron chi connectivity index (χ3n) is 13.3. The lowest BCUT2D eigenvalue weighted by atomic mass is 9.95. The molecule has 0 amide bonds. The second-order valence-corrected chi connectivity index (χ2v) is 22.0. The molecular weight excluding hydrogens is 916 g/mol. The third kappa shape index (κ3) is 8.19. The van der Waals surface area contributed by atoms with Gasteiger partial charge in [0.15, 0.2) is 0 Å². The van der Waals surface area contributed by atoms with Gasteiger partial charge >= 0.3 is 5.97 Å². The summed E-state index contributed by atoms with van der Waals surface area (Å²) in [7, 11) is 5.58. The zero-order valence-electron chi connectivity index (χ0n) is 37.6. The predicted octanol–water partition coefficient (Wildman–Crippen LogP) is 7.60. The lowest BCUT2D eigenvalue weighted by Crippen LogP contribution is -2.51. The molecule has 2 aromatic heterocycles. The molecule has 2 saturated heterocycles. The highest BCUT2D eigenvalue weighted by Crippen LogP contribution is 2.53.